The molecule has 0 aromatic carbocycles. The molecule has 1 atom stereocenters. The summed E-state index contributed by atoms with van der Waals surface area (Å²) in [5.74, 6) is 1.50. The number of nitrogens with zero attached hydrogens (tertiary/aromatic N) is 4. The molecule has 1 aliphatic rings. The van der Waals surface area contributed by atoms with E-state index in [1.54, 1.807) is 13.1 Å². The Morgan fingerprint density at radius 3 is 3.00 bits per heavy atom. The van der Waals surface area contributed by atoms with Crippen molar-refractivity contribution in [3.63, 3.8) is 0 Å². The van der Waals surface area contributed by atoms with Gasteiger partial charge in [0.2, 0.25) is 5.89 Å². The summed E-state index contributed by atoms with van der Waals surface area (Å²) >= 11 is 1.44. The van der Waals surface area contributed by atoms with Crippen LogP contribution in [0, 0.1) is 13.8 Å². The van der Waals surface area contributed by atoms with Crippen LogP contribution in [0.4, 0.5) is 0 Å². The lowest BCUT2D eigenvalue weighted by Crippen LogP contribution is -2.39. The van der Waals surface area contributed by atoms with E-state index in [0.29, 0.717) is 23.1 Å². The Balaban J connectivity index is 1.73. The van der Waals surface area contributed by atoms with Crippen molar-refractivity contribution in [1.29, 1.82) is 0 Å². The Kier molecular flexibility index (Phi) is 3.52. The summed E-state index contributed by atoms with van der Waals surface area (Å²) in [6.07, 6.45) is 3.61. The number of carbonyl (C=O) groups is 1. The van der Waals surface area contributed by atoms with Gasteiger partial charge in [-0.1, -0.05) is 5.16 Å². The van der Waals surface area contributed by atoms with Crippen LogP contribution in [0.25, 0.3) is 0 Å². The molecule has 0 saturated carbocycles. The van der Waals surface area contributed by atoms with E-state index in [1.807, 2.05) is 11.8 Å². The van der Waals surface area contributed by atoms with Crippen molar-refractivity contribution in [2.75, 3.05) is 13.1 Å². The van der Waals surface area contributed by atoms with Gasteiger partial charge in [-0.05, 0) is 19.8 Å². The van der Waals surface area contributed by atoms with Crippen LogP contribution >= 0.6 is 11.3 Å². The minimum atomic E-state index is 0.0560. The fraction of sp³-hybridized carbons (Fsp3) is 0.538. The van der Waals surface area contributed by atoms with Crippen LogP contribution < -0.4 is 0 Å². The molecule has 6 nitrogen and oxygen atoms in total. The molecule has 0 spiro atoms. The Hall–Kier alpha value is -1.76. The van der Waals surface area contributed by atoms with E-state index in [-0.39, 0.29) is 11.8 Å². The molecular formula is C13H16N4O2S. The number of aryl methyl sites for hydroxylation is 2. The van der Waals surface area contributed by atoms with Crippen molar-refractivity contribution in [3.8, 4) is 0 Å². The van der Waals surface area contributed by atoms with Gasteiger partial charge in [0.05, 0.1) is 11.2 Å². The predicted octanol–water partition coefficient (Wildman–Crippen LogP) is 2.16. The summed E-state index contributed by atoms with van der Waals surface area (Å²) in [5, 5.41) is 4.89. The number of thiazole rings is 1. The van der Waals surface area contributed by atoms with Crippen LogP contribution in [0.5, 0.6) is 0 Å². The molecule has 3 heterocycles. The second-order valence-electron chi connectivity index (χ2n) is 5.01. The van der Waals surface area contributed by atoms with Gasteiger partial charge < -0.3 is 9.42 Å². The highest BCUT2D eigenvalue weighted by Gasteiger charge is 2.28. The number of amides is 1. The van der Waals surface area contributed by atoms with E-state index < -0.39 is 0 Å². The van der Waals surface area contributed by atoms with E-state index in [1.165, 1.54) is 11.3 Å². The third-order valence-corrected chi connectivity index (χ3v) is 4.35. The molecular weight excluding hydrogens is 276 g/mol. The summed E-state index contributed by atoms with van der Waals surface area (Å²) in [4.78, 5) is 23.4. The van der Waals surface area contributed by atoms with Gasteiger partial charge in [-0.2, -0.15) is 4.98 Å². The maximum atomic E-state index is 12.4. The molecule has 0 N–H and O–H groups in total. The topological polar surface area (TPSA) is 72.1 Å². The van der Waals surface area contributed by atoms with Gasteiger partial charge in [-0.25, -0.2) is 4.98 Å². The molecule has 2 aromatic heterocycles. The lowest BCUT2D eigenvalue weighted by Gasteiger charge is -2.30. The summed E-state index contributed by atoms with van der Waals surface area (Å²) in [6.45, 7) is 5.11. The smallest absolute Gasteiger partial charge is 0.265 e. The number of rotatable bonds is 2. The summed E-state index contributed by atoms with van der Waals surface area (Å²) in [5.41, 5.74) is 0. The quantitative estimate of drug-likeness (QED) is 0.848. The van der Waals surface area contributed by atoms with Crippen molar-refractivity contribution in [3.05, 3.63) is 27.8 Å². The minimum absolute atomic E-state index is 0.0560. The summed E-state index contributed by atoms with van der Waals surface area (Å²) in [7, 11) is 0. The number of aromatic nitrogens is 3. The van der Waals surface area contributed by atoms with E-state index in [4.69, 9.17) is 4.52 Å². The lowest BCUT2D eigenvalue weighted by molar-refractivity contribution is 0.0708. The SMILES string of the molecule is Cc1nc([C@@H]2CCCN(C(=O)c3cnc(C)s3)C2)no1. The highest BCUT2D eigenvalue weighted by atomic mass is 32.1. The van der Waals surface area contributed by atoms with Gasteiger partial charge in [-0.3, -0.25) is 4.79 Å². The Morgan fingerprint density at radius 1 is 1.50 bits per heavy atom. The zero-order valence-corrected chi connectivity index (χ0v) is 12.3. The van der Waals surface area contributed by atoms with Crippen LogP contribution in [0.2, 0.25) is 0 Å². The van der Waals surface area contributed by atoms with Crippen molar-refractivity contribution < 1.29 is 9.32 Å². The normalized spacial score (nSPS) is 19.3. The molecule has 1 amide bonds. The lowest BCUT2D eigenvalue weighted by atomic mass is 9.97. The van der Waals surface area contributed by atoms with Crippen molar-refractivity contribution in [2.24, 2.45) is 0 Å². The van der Waals surface area contributed by atoms with Crippen LogP contribution in [0.1, 0.15) is 45.2 Å². The van der Waals surface area contributed by atoms with Gasteiger partial charge in [0.15, 0.2) is 5.82 Å². The second kappa shape index (κ2) is 5.32. The highest BCUT2D eigenvalue weighted by molar-refractivity contribution is 7.13. The zero-order chi connectivity index (χ0) is 14.1. The van der Waals surface area contributed by atoms with Crippen LogP contribution in [0.3, 0.4) is 0 Å². The molecule has 2 aromatic rings. The first-order chi connectivity index (χ1) is 9.63. The summed E-state index contributed by atoms with van der Waals surface area (Å²) < 4.78 is 5.03. The molecule has 0 radical (unpaired) electrons. The Bertz CT molecular complexity index is 621. The standard InChI is InChI=1S/C13H16N4O2S/c1-8-15-12(16-19-8)10-4-3-5-17(7-10)13(18)11-6-14-9(2)20-11/h6,10H,3-5,7H2,1-2H3/t10-/m1/s1. The van der Waals surface area contributed by atoms with Crippen molar-refractivity contribution >= 4 is 17.2 Å². The van der Waals surface area contributed by atoms with E-state index >= 15 is 0 Å². The maximum Gasteiger partial charge on any atom is 0.265 e. The van der Waals surface area contributed by atoms with Gasteiger partial charge in [0, 0.05) is 25.9 Å². The van der Waals surface area contributed by atoms with Gasteiger partial charge in [0.1, 0.15) is 4.88 Å². The molecule has 1 saturated heterocycles. The monoisotopic (exact) mass is 292 g/mol. The van der Waals surface area contributed by atoms with Gasteiger partial charge in [-0.15, -0.1) is 11.3 Å². The van der Waals surface area contributed by atoms with Crippen molar-refractivity contribution in [1.82, 2.24) is 20.0 Å². The highest BCUT2D eigenvalue weighted by Crippen LogP contribution is 2.26. The first-order valence-electron chi connectivity index (χ1n) is 6.65. The van der Waals surface area contributed by atoms with Crippen molar-refractivity contribution in [2.45, 2.75) is 32.6 Å². The number of likely N-dealkylation sites (tertiary alicyclic amines) is 1. The fourth-order valence-electron chi connectivity index (χ4n) is 2.47. The van der Waals surface area contributed by atoms with Gasteiger partial charge >= 0.3 is 0 Å². The average Bonchev–Trinajstić information content (AvgIpc) is 3.07. The largest absolute Gasteiger partial charge is 0.340 e. The molecule has 0 unspecified atom stereocenters. The Labute approximate surface area is 120 Å². The molecule has 106 valence electrons. The first kappa shape index (κ1) is 13.2. The molecule has 1 fully saturated rings. The molecule has 1 aliphatic heterocycles. The van der Waals surface area contributed by atoms with Gasteiger partial charge in [0.25, 0.3) is 5.91 Å². The van der Waals surface area contributed by atoms with Crippen LogP contribution in [-0.4, -0.2) is 39.0 Å². The third kappa shape index (κ3) is 2.58. The molecule has 0 bridgehead atoms. The number of piperidine rings is 1. The summed E-state index contributed by atoms with van der Waals surface area (Å²) in [6, 6.07) is 0. The first-order valence-corrected chi connectivity index (χ1v) is 7.47. The molecule has 7 heteroatoms. The van der Waals surface area contributed by atoms with Crippen LogP contribution in [-0.2, 0) is 0 Å². The predicted molar refractivity (Wildman–Crippen MR) is 73.8 cm³/mol. The number of hydrogen-bond donors (Lipinski definition) is 0. The average molecular weight is 292 g/mol. The third-order valence-electron chi connectivity index (χ3n) is 3.45. The number of hydrogen-bond acceptors (Lipinski definition) is 6. The maximum absolute atomic E-state index is 12.4. The zero-order valence-electron chi connectivity index (χ0n) is 11.5. The minimum Gasteiger partial charge on any atom is -0.340 e. The fourth-order valence-corrected chi connectivity index (χ4v) is 3.21. The molecule has 20 heavy (non-hydrogen) atoms. The molecule has 3 rings (SSSR count). The van der Waals surface area contributed by atoms with Crippen LogP contribution in [0.15, 0.2) is 10.7 Å². The van der Waals surface area contributed by atoms with E-state index in [0.717, 1.165) is 24.4 Å². The van der Waals surface area contributed by atoms with E-state index in [2.05, 4.69) is 15.1 Å². The second-order valence-corrected chi connectivity index (χ2v) is 6.24. The Morgan fingerprint density at radius 2 is 2.35 bits per heavy atom. The van der Waals surface area contributed by atoms with E-state index in [9.17, 15) is 4.79 Å². The molecule has 0 aliphatic carbocycles. The number of carbonyl (C=O) groups excluding carboxylic acids is 1.